The topological polar surface area (TPSA) is 95.2 Å². The molecule has 0 bridgehead atoms. The van der Waals surface area contributed by atoms with Crippen LogP contribution in [0.4, 0.5) is 19.0 Å². The van der Waals surface area contributed by atoms with Gasteiger partial charge in [0.05, 0.1) is 32.2 Å². The number of nitrogens with one attached hydrogen (secondary N) is 2. The molecule has 1 aliphatic heterocycles. The largest absolute Gasteiger partial charge is 0.493 e. The standard InChI is InChI=1S/C22H25F3N6O3/c1-12-14(11-30(2)29-12)9-26-21(32)15-10-27-31-19(22(23,24)25)8-16(28-20(15)31)13-5-6-17(33-3)18(7-13)34-4/h5-7,10-11,16,19,28H,8-9H2,1-4H3,(H,26,32)/t16-,19-/m0/s1. The molecule has 12 heteroatoms. The van der Waals surface area contributed by atoms with Crippen LogP contribution in [-0.4, -0.2) is 45.9 Å². The summed E-state index contributed by atoms with van der Waals surface area (Å²) >= 11 is 0. The van der Waals surface area contributed by atoms with Crippen LogP contribution in [0.3, 0.4) is 0 Å². The zero-order chi connectivity index (χ0) is 24.6. The molecule has 3 aromatic rings. The summed E-state index contributed by atoms with van der Waals surface area (Å²) in [5, 5.41) is 13.9. The molecule has 1 aliphatic rings. The third-order valence-electron chi connectivity index (χ3n) is 5.85. The molecule has 2 atom stereocenters. The lowest BCUT2D eigenvalue weighted by molar-refractivity contribution is -0.173. The zero-order valence-electron chi connectivity index (χ0n) is 19.1. The van der Waals surface area contributed by atoms with Crippen molar-refractivity contribution in [1.29, 1.82) is 0 Å². The van der Waals surface area contributed by atoms with Gasteiger partial charge < -0.3 is 20.1 Å². The highest BCUT2D eigenvalue weighted by Gasteiger charge is 2.47. The molecule has 0 saturated carbocycles. The van der Waals surface area contributed by atoms with E-state index in [0.29, 0.717) is 17.1 Å². The Morgan fingerprint density at radius 3 is 2.62 bits per heavy atom. The fraction of sp³-hybridized carbons (Fsp3) is 0.409. The zero-order valence-corrected chi connectivity index (χ0v) is 19.1. The summed E-state index contributed by atoms with van der Waals surface area (Å²) < 4.78 is 54.9. The van der Waals surface area contributed by atoms with E-state index in [-0.39, 0.29) is 24.3 Å². The Bertz CT molecular complexity index is 1200. The van der Waals surface area contributed by atoms with Gasteiger partial charge >= 0.3 is 6.18 Å². The fourth-order valence-corrected chi connectivity index (χ4v) is 4.11. The maximum atomic E-state index is 14.0. The minimum absolute atomic E-state index is 0.00812. The molecule has 1 aromatic carbocycles. The number of methoxy groups -OCH3 is 2. The van der Waals surface area contributed by atoms with E-state index in [4.69, 9.17) is 9.47 Å². The van der Waals surface area contributed by atoms with Crippen LogP contribution in [0.25, 0.3) is 0 Å². The summed E-state index contributed by atoms with van der Waals surface area (Å²) in [6.45, 7) is 2.00. The molecule has 2 aromatic heterocycles. The minimum atomic E-state index is -4.56. The van der Waals surface area contributed by atoms with E-state index in [1.165, 1.54) is 14.2 Å². The predicted octanol–water partition coefficient (Wildman–Crippen LogP) is 3.53. The van der Waals surface area contributed by atoms with Crippen molar-refractivity contribution in [3.63, 3.8) is 0 Å². The average Bonchev–Trinajstić information content (AvgIpc) is 3.37. The van der Waals surface area contributed by atoms with Gasteiger partial charge in [0, 0.05) is 31.8 Å². The first kappa shape index (κ1) is 23.5. The molecule has 1 amide bonds. The predicted molar refractivity (Wildman–Crippen MR) is 117 cm³/mol. The van der Waals surface area contributed by atoms with Crippen molar-refractivity contribution in [2.24, 2.45) is 7.05 Å². The summed E-state index contributed by atoms with van der Waals surface area (Å²) in [6.07, 6.45) is -1.93. The van der Waals surface area contributed by atoms with Gasteiger partial charge in [0.25, 0.3) is 5.91 Å². The second-order valence-corrected chi connectivity index (χ2v) is 8.05. The van der Waals surface area contributed by atoms with E-state index in [9.17, 15) is 18.0 Å². The molecular formula is C22H25F3N6O3. The second kappa shape index (κ2) is 8.92. The van der Waals surface area contributed by atoms with Crippen molar-refractivity contribution in [1.82, 2.24) is 24.9 Å². The van der Waals surface area contributed by atoms with Gasteiger partial charge in [-0.05, 0) is 24.6 Å². The Labute approximate surface area is 193 Å². The monoisotopic (exact) mass is 478 g/mol. The van der Waals surface area contributed by atoms with Crippen LogP contribution in [0.2, 0.25) is 0 Å². The van der Waals surface area contributed by atoms with Crippen LogP contribution >= 0.6 is 0 Å². The van der Waals surface area contributed by atoms with Gasteiger partial charge in [-0.3, -0.25) is 9.48 Å². The number of hydrogen-bond acceptors (Lipinski definition) is 6. The summed E-state index contributed by atoms with van der Waals surface area (Å²) in [4.78, 5) is 12.9. The Hall–Kier alpha value is -3.70. The fourth-order valence-electron chi connectivity index (χ4n) is 4.11. The molecule has 182 valence electrons. The van der Waals surface area contributed by atoms with Crippen LogP contribution in [0.5, 0.6) is 11.5 Å². The molecule has 9 nitrogen and oxygen atoms in total. The number of fused-ring (bicyclic) bond motifs is 1. The number of rotatable bonds is 6. The van der Waals surface area contributed by atoms with Crippen LogP contribution in [0, 0.1) is 6.92 Å². The number of hydrogen-bond donors (Lipinski definition) is 2. The number of aromatic nitrogens is 4. The molecule has 0 saturated heterocycles. The number of aryl methyl sites for hydroxylation is 2. The van der Waals surface area contributed by atoms with E-state index in [2.05, 4.69) is 20.8 Å². The normalized spacial score (nSPS) is 17.6. The molecule has 0 aliphatic carbocycles. The molecule has 0 spiro atoms. The van der Waals surface area contributed by atoms with Crippen LogP contribution in [0.1, 0.15) is 45.7 Å². The first-order valence-electron chi connectivity index (χ1n) is 10.5. The first-order valence-corrected chi connectivity index (χ1v) is 10.5. The smallest absolute Gasteiger partial charge is 0.410 e. The van der Waals surface area contributed by atoms with Crippen molar-refractivity contribution in [3.8, 4) is 11.5 Å². The number of nitrogens with zero attached hydrogens (tertiary/aromatic N) is 4. The number of benzene rings is 1. The van der Waals surface area contributed by atoms with Crippen LogP contribution < -0.4 is 20.1 Å². The van der Waals surface area contributed by atoms with Gasteiger partial charge in [0.15, 0.2) is 17.5 Å². The minimum Gasteiger partial charge on any atom is -0.493 e. The molecule has 0 fully saturated rings. The molecule has 0 radical (unpaired) electrons. The van der Waals surface area contributed by atoms with Crippen molar-refractivity contribution >= 4 is 11.7 Å². The van der Waals surface area contributed by atoms with Crippen molar-refractivity contribution in [3.05, 3.63) is 53.0 Å². The lowest BCUT2D eigenvalue weighted by atomic mass is 9.96. The van der Waals surface area contributed by atoms with E-state index in [1.54, 1.807) is 36.1 Å². The molecule has 2 N–H and O–H groups in total. The summed E-state index contributed by atoms with van der Waals surface area (Å²) in [6, 6.07) is 2.30. The third-order valence-corrected chi connectivity index (χ3v) is 5.85. The highest BCUT2D eigenvalue weighted by Crippen LogP contribution is 2.45. The Morgan fingerprint density at radius 1 is 1.26 bits per heavy atom. The van der Waals surface area contributed by atoms with Crippen LogP contribution in [0.15, 0.2) is 30.6 Å². The molecular weight excluding hydrogens is 453 g/mol. The van der Waals surface area contributed by atoms with Gasteiger partial charge in [0.2, 0.25) is 0 Å². The van der Waals surface area contributed by atoms with E-state index in [1.807, 2.05) is 6.92 Å². The summed E-state index contributed by atoms with van der Waals surface area (Å²) in [5.74, 6) is 0.333. The first-order chi connectivity index (χ1) is 16.1. The number of carbonyl (C=O) groups excluding carboxylic acids is 1. The van der Waals surface area contributed by atoms with Gasteiger partial charge in [-0.15, -0.1) is 0 Å². The van der Waals surface area contributed by atoms with Gasteiger partial charge in [-0.1, -0.05) is 6.07 Å². The highest BCUT2D eigenvalue weighted by molar-refractivity contribution is 5.98. The number of ether oxygens (including phenoxy) is 2. The lowest BCUT2D eigenvalue weighted by Crippen LogP contribution is -2.36. The van der Waals surface area contributed by atoms with Gasteiger partial charge in [0.1, 0.15) is 11.4 Å². The third kappa shape index (κ3) is 4.39. The van der Waals surface area contributed by atoms with Crippen molar-refractivity contribution < 1.29 is 27.4 Å². The Morgan fingerprint density at radius 2 is 2.00 bits per heavy atom. The van der Waals surface area contributed by atoms with E-state index in [0.717, 1.165) is 22.1 Å². The number of alkyl halides is 3. The number of carbonyl (C=O) groups is 1. The molecule has 0 unspecified atom stereocenters. The van der Waals surface area contributed by atoms with Crippen molar-refractivity contribution in [2.75, 3.05) is 19.5 Å². The Balaban J connectivity index is 1.64. The lowest BCUT2D eigenvalue weighted by Gasteiger charge is -2.34. The number of anilines is 1. The summed E-state index contributed by atoms with van der Waals surface area (Å²) in [5.41, 5.74) is 2.16. The van der Waals surface area contributed by atoms with Gasteiger partial charge in [-0.2, -0.15) is 23.4 Å². The van der Waals surface area contributed by atoms with E-state index < -0.39 is 24.2 Å². The van der Waals surface area contributed by atoms with E-state index >= 15 is 0 Å². The quantitative estimate of drug-likeness (QED) is 0.563. The average molecular weight is 478 g/mol. The number of halogens is 3. The maximum absolute atomic E-state index is 14.0. The van der Waals surface area contributed by atoms with Gasteiger partial charge in [-0.25, -0.2) is 4.68 Å². The molecule has 34 heavy (non-hydrogen) atoms. The molecule has 3 heterocycles. The maximum Gasteiger partial charge on any atom is 0.410 e. The SMILES string of the molecule is COc1ccc([C@@H]2C[C@@H](C(F)(F)F)n3ncc(C(=O)NCc4cn(C)nc4C)c3N2)cc1OC. The Kier molecular flexibility index (Phi) is 6.15. The van der Waals surface area contributed by atoms with Crippen LogP contribution in [-0.2, 0) is 13.6 Å². The summed E-state index contributed by atoms with van der Waals surface area (Å²) in [7, 11) is 4.70. The highest BCUT2D eigenvalue weighted by atomic mass is 19.4. The second-order valence-electron chi connectivity index (χ2n) is 8.05. The molecule has 4 rings (SSSR count). The van der Waals surface area contributed by atoms with Crippen molar-refractivity contribution in [2.45, 2.75) is 38.1 Å². The number of amides is 1.